The SMILES string of the molecule is CCN(CC)c1ccc(C(=O)OCC(=O)O[C@H]2C[C@@H](C)CC[C@@H]2C(C)C)cc1. The molecule has 28 heavy (non-hydrogen) atoms. The maximum absolute atomic E-state index is 12.2. The first-order chi connectivity index (χ1) is 13.3. The van der Waals surface area contributed by atoms with E-state index in [1.165, 1.54) is 6.42 Å². The topological polar surface area (TPSA) is 55.8 Å². The molecule has 3 atom stereocenters. The van der Waals surface area contributed by atoms with Crippen LogP contribution in [-0.2, 0) is 14.3 Å². The van der Waals surface area contributed by atoms with Crippen LogP contribution in [-0.4, -0.2) is 37.7 Å². The number of esters is 2. The first-order valence-electron chi connectivity index (χ1n) is 10.6. The number of benzene rings is 1. The summed E-state index contributed by atoms with van der Waals surface area (Å²) in [5.41, 5.74) is 1.50. The summed E-state index contributed by atoms with van der Waals surface area (Å²) in [6.45, 7) is 12.2. The lowest BCUT2D eigenvalue weighted by Crippen LogP contribution is -2.36. The predicted octanol–water partition coefficient (Wildman–Crippen LogP) is 4.69. The third-order valence-corrected chi connectivity index (χ3v) is 5.80. The van der Waals surface area contributed by atoms with E-state index in [0.29, 0.717) is 23.3 Å². The highest BCUT2D eigenvalue weighted by atomic mass is 16.6. The van der Waals surface area contributed by atoms with Crippen LogP contribution in [0.3, 0.4) is 0 Å². The lowest BCUT2D eigenvalue weighted by atomic mass is 9.75. The van der Waals surface area contributed by atoms with Crippen molar-refractivity contribution in [2.24, 2.45) is 17.8 Å². The van der Waals surface area contributed by atoms with Gasteiger partial charge in [0.2, 0.25) is 0 Å². The highest BCUT2D eigenvalue weighted by Gasteiger charge is 2.33. The Bertz CT molecular complexity index is 637. The molecule has 0 aliphatic heterocycles. The summed E-state index contributed by atoms with van der Waals surface area (Å²) < 4.78 is 10.9. The van der Waals surface area contributed by atoms with Gasteiger partial charge in [-0.2, -0.15) is 0 Å². The van der Waals surface area contributed by atoms with Gasteiger partial charge in [0.15, 0.2) is 6.61 Å². The predicted molar refractivity (Wildman–Crippen MR) is 112 cm³/mol. The van der Waals surface area contributed by atoms with Crippen molar-refractivity contribution in [3.63, 3.8) is 0 Å². The highest BCUT2D eigenvalue weighted by Crippen LogP contribution is 2.35. The molecule has 1 aromatic rings. The number of hydrogen-bond acceptors (Lipinski definition) is 5. The van der Waals surface area contributed by atoms with Crippen LogP contribution in [0.5, 0.6) is 0 Å². The smallest absolute Gasteiger partial charge is 0.344 e. The number of hydrogen-bond donors (Lipinski definition) is 0. The molecular formula is C23H35NO4. The normalized spacial score (nSPS) is 22.0. The van der Waals surface area contributed by atoms with E-state index in [0.717, 1.165) is 31.6 Å². The molecule has 0 saturated heterocycles. The Morgan fingerprint density at radius 3 is 2.32 bits per heavy atom. The zero-order valence-electron chi connectivity index (χ0n) is 17.9. The van der Waals surface area contributed by atoms with Gasteiger partial charge in [-0.25, -0.2) is 9.59 Å². The standard InChI is InChI=1S/C23H35NO4/c1-6-24(7-2)19-11-9-18(10-12-19)23(26)27-15-22(25)28-21-14-17(5)8-13-20(21)16(3)4/h9-12,16-17,20-21H,6-8,13-15H2,1-5H3/t17-,20+,21-/m0/s1. The number of nitrogens with zero attached hydrogens (tertiary/aromatic N) is 1. The third-order valence-electron chi connectivity index (χ3n) is 5.80. The molecule has 0 N–H and O–H groups in total. The molecule has 1 aromatic carbocycles. The second kappa shape index (κ2) is 10.5. The second-order valence-electron chi connectivity index (χ2n) is 8.15. The minimum Gasteiger partial charge on any atom is -0.460 e. The van der Waals surface area contributed by atoms with Gasteiger partial charge in [-0.1, -0.05) is 27.2 Å². The fourth-order valence-electron chi connectivity index (χ4n) is 4.06. The van der Waals surface area contributed by atoms with Gasteiger partial charge in [0.1, 0.15) is 6.10 Å². The minimum atomic E-state index is -0.500. The van der Waals surface area contributed by atoms with Gasteiger partial charge in [0.05, 0.1) is 5.56 Å². The monoisotopic (exact) mass is 389 g/mol. The Morgan fingerprint density at radius 1 is 1.11 bits per heavy atom. The maximum Gasteiger partial charge on any atom is 0.344 e. The van der Waals surface area contributed by atoms with Gasteiger partial charge < -0.3 is 14.4 Å². The molecule has 1 fully saturated rings. The van der Waals surface area contributed by atoms with Crippen LogP contribution < -0.4 is 4.90 Å². The summed E-state index contributed by atoms with van der Waals surface area (Å²) in [6.07, 6.45) is 3.06. The van der Waals surface area contributed by atoms with Gasteiger partial charge in [-0.05, 0) is 68.7 Å². The Morgan fingerprint density at radius 2 is 1.75 bits per heavy atom. The van der Waals surface area contributed by atoms with Crippen molar-refractivity contribution in [2.45, 2.75) is 60.0 Å². The summed E-state index contributed by atoms with van der Waals surface area (Å²) in [4.78, 5) is 26.7. The van der Waals surface area contributed by atoms with Gasteiger partial charge in [0.25, 0.3) is 0 Å². The lowest BCUT2D eigenvalue weighted by Gasteiger charge is -2.36. The summed E-state index contributed by atoms with van der Waals surface area (Å²) in [6, 6.07) is 7.27. The minimum absolute atomic E-state index is 0.0803. The second-order valence-corrected chi connectivity index (χ2v) is 8.15. The number of ether oxygens (including phenoxy) is 2. The summed E-state index contributed by atoms with van der Waals surface area (Å²) >= 11 is 0. The largest absolute Gasteiger partial charge is 0.460 e. The van der Waals surface area contributed by atoms with Crippen LogP contribution in [0.15, 0.2) is 24.3 Å². The Hall–Kier alpha value is -2.04. The molecule has 0 amide bonds. The number of rotatable bonds is 8. The van der Waals surface area contributed by atoms with Crippen molar-refractivity contribution in [3.8, 4) is 0 Å². The first kappa shape index (κ1) is 22.3. The Balaban J connectivity index is 1.87. The van der Waals surface area contributed by atoms with Gasteiger partial charge in [0, 0.05) is 18.8 Å². The fraction of sp³-hybridized carbons (Fsp3) is 0.652. The molecule has 0 spiro atoms. The maximum atomic E-state index is 12.2. The molecule has 156 valence electrons. The van der Waals surface area contributed by atoms with Crippen molar-refractivity contribution in [2.75, 3.05) is 24.6 Å². The molecule has 5 nitrogen and oxygen atoms in total. The van der Waals surface area contributed by atoms with Crippen LogP contribution in [0.1, 0.15) is 64.2 Å². The van der Waals surface area contributed by atoms with Crippen LogP contribution in [0.25, 0.3) is 0 Å². The summed E-state index contributed by atoms with van der Waals surface area (Å²) in [5.74, 6) is 0.443. The molecule has 2 rings (SSSR count). The fourth-order valence-corrected chi connectivity index (χ4v) is 4.06. The zero-order chi connectivity index (χ0) is 20.7. The molecule has 0 heterocycles. The highest BCUT2D eigenvalue weighted by molar-refractivity contribution is 5.91. The van der Waals surface area contributed by atoms with E-state index in [1.54, 1.807) is 12.1 Å². The summed E-state index contributed by atoms with van der Waals surface area (Å²) in [7, 11) is 0. The van der Waals surface area contributed by atoms with E-state index in [9.17, 15) is 9.59 Å². The summed E-state index contributed by atoms with van der Waals surface area (Å²) in [5, 5.41) is 0. The molecular weight excluding hydrogens is 354 g/mol. The molecule has 5 heteroatoms. The lowest BCUT2D eigenvalue weighted by molar-refractivity contribution is -0.159. The van der Waals surface area contributed by atoms with E-state index in [2.05, 4.69) is 39.5 Å². The molecule has 0 unspecified atom stereocenters. The van der Waals surface area contributed by atoms with Crippen LogP contribution in [0.2, 0.25) is 0 Å². The average Bonchev–Trinajstić information content (AvgIpc) is 2.67. The first-order valence-corrected chi connectivity index (χ1v) is 10.6. The molecule has 1 saturated carbocycles. The number of carbonyl (C=O) groups excluding carboxylic acids is 2. The van der Waals surface area contributed by atoms with E-state index in [1.807, 2.05) is 12.1 Å². The zero-order valence-corrected chi connectivity index (χ0v) is 17.9. The van der Waals surface area contributed by atoms with Gasteiger partial charge in [-0.15, -0.1) is 0 Å². The number of carbonyl (C=O) groups is 2. The van der Waals surface area contributed by atoms with Crippen LogP contribution in [0.4, 0.5) is 5.69 Å². The van der Waals surface area contributed by atoms with E-state index in [-0.39, 0.29) is 12.7 Å². The molecule has 0 aromatic heterocycles. The Kier molecular flexibility index (Phi) is 8.34. The van der Waals surface area contributed by atoms with Gasteiger partial charge in [-0.3, -0.25) is 0 Å². The van der Waals surface area contributed by atoms with E-state index >= 15 is 0 Å². The average molecular weight is 390 g/mol. The van der Waals surface area contributed by atoms with Crippen molar-refractivity contribution < 1.29 is 19.1 Å². The van der Waals surface area contributed by atoms with Crippen molar-refractivity contribution in [1.82, 2.24) is 0 Å². The van der Waals surface area contributed by atoms with Crippen molar-refractivity contribution in [1.29, 1.82) is 0 Å². The number of anilines is 1. The van der Waals surface area contributed by atoms with Crippen LogP contribution in [0, 0.1) is 17.8 Å². The van der Waals surface area contributed by atoms with Crippen molar-refractivity contribution >= 4 is 17.6 Å². The van der Waals surface area contributed by atoms with E-state index < -0.39 is 11.9 Å². The van der Waals surface area contributed by atoms with E-state index in [4.69, 9.17) is 9.47 Å². The van der Waals surface area contributed by atoms with Gasteiger partial charge >= 0.3 is 11.9 Å². The quantitative estimate of drug-likeness (QED) is 0.604. The third kappa shape index (κ3) is 5.98. The molecule has 1 aliphatic rings. The molecule has 0 bridgehead atoms. The molecule has 1 aliphatic carbocycles. The van der Waals surface area contributed by atoms with Crippen molar-refractivity contribution in [3.05, 3.63) is 29.8 Å². The Labute approximate surface area is 169 Å². The van der Waals surface area contributed by atoms with Crippen LogP contribution >= 0.6 is 0 Å². The molecule has 0 radical (unpaired) electrons.